The fourth-order valence-electron chi connectivity index (χ4n) is 2.74. The lowest BCUT2D eigenvalue weighted by molar-refractivity contribution is 0.0982. The van der Waals surface area contributed by atoms with Crippen molar-refractivity contribution >= 4 is 5.78 Å². The Kier molecular flexibility index (Phi) is 3.20. The van der Waals surface area contributed by atoms with Crippen LogP contribution in [0.25, 0.3) is 0 Å². The molecule has 3 nitrogen and oxygen atoms in total. The maximum atomic E-state index is 12.0. The van der Waals surface area contributed by atoms with Gasteiger partial charge in [0.1, 0.15) is 0 Å². The van der Waals surface area contributed by atoms with Crippen molar-refractivity contribution in [3.63, 3.8) is 0 Å². The van der Waals surface area contributed by atoms with Gasteiger partial charge in [0.05, 0.1) is 18.3 Å². The summed E-state index contributed by atoms with van der Waals surface area (Å²) < 4.78 is 1.99. The first kappa shape index (κ1) is 12.2. The van der Waals surface area contributed by atoms with E-state index in [1.54, 1.807) is 6.20 Å². The number of carbonyl (C=O) groups is 1. The molecule has 3 heteroatoms. The molecule has 0 saturated carbocycles. The van der Waals surface area contributed by atoms with Crippen molar-refractivity contribution in [2.45, 2.75) is 39.2 Å². The lowest BCUT2D eigenvalue weighted by Gasteiger charge is -2.08. The van der Waals surface area contributed by atoms with E-state index in [2.05, 4.69) is 36.3 Å². The number of benzene rings is 1. The molecule has 0 N–H and O–H groups in total. The quantitative estimate of drug-likeness (QED) is 0.772. The van der Waals surface area contributed by atoms with Gasteiger partial charge in [-0.25, -0.2) is 0 Å². The third-order valence-electron chi connectivity index (χ3n) is 3.73. The lowest BCUT2D eigenvalue weighted by atomic mass is 10.1. The van der Waals surface area contributed by atoms with E-state index in [-0.39, 0.29) is 5.78 Å². The molecule has 1 aromatic heterocycles. The Morgan fingerprint density at radius 2 is 2.11 bits per heavy atom. The fraction of sp³-hybridized carbons (Fsp3) is 0.375. The van der Waals surface area contributed by atoms with Crippen molar-refractivity contribution in [1.82, 2.24) is 9.78 Å². The SMILES string of the molecule is Cc1cccc(Cn2ncc3c2CCCCC3=O)c1. The van der Waals surface area contributed by atoms with Crippen molar-refractivity contribution in [3.05, 3.63) is 52.8 Å². The zero-order valence-corrected chi connectivity index (χ0v) is 11.2. The highest BCUT2D eigenvalue weighted by Gasteiger charge is 2.20. The Hall–Kier alpha value is -1.90. The third-order valence-corrected chi connectivity index (χ3v) is 3.73. The maximum absolute atomic E-state index is 12.0. The van der Waals surface area contributed by atoms with Crippen LogP contribution in [0.2, 0.25) is 0 Å². The summed E-state index contributed by atoms with van der Waals surface area (Å²) in [5.74, 6) is 0.253. The van der Waals surface area contributed by atoms with Crippen molar-refractivity contribution in [1.29, 1.82) is 0 Å². The Morgan fingerprint density at radius 1 is 1.26 bits per heavy atom. The summed E-state index contributed by atoms with van der Waals surface area (Å²) >= 11 is 0. The second-order valence-electron chi connectivity index (χ2n) is 5.28. The molecule has 0 atom stereocenters. The molecule has 1 heterocycles. The van der Waals surface area contributed by atoms with Gasteiger partial charge < -0.3 is 0 Å². The van der Waals surface area contributed by atoms with Crippen LogP contribution in [0.3, 0.4) is 0 Å². The molecule has 0 amide bonds. The molecule has 1 aliphatic carbocycles. The van der Waals surface area contributed by atoms with Crippen LogP contribution in [0.15, 0.2) is 30.5 Å². The summed E-state index contributed by atoms with van der Waals surface area (Å²) in [5, 5.41) is 4.41. The second-order valence-corrected chi connectivity index (χ2v) is 5.28. The first-order valence-corrected chi connectivity index (χ1v) is 6.87. The summed E-state index contributed by atoms with van der Waals surface area (Å²) in [5.41, 5.74) is 4.45. The van der Waals surface area contributed by atoms with Crippen LogP contribution in [0.5, 0.6) is 0 Å². The van der Waals surface area contributed by atoms with Crippen LogP contribution in [0.4, 0.5) is 0 Å². The van der Waals surface area contributed by atoms with E-state index in [1.165, 1.54) is 11.1 Å². The fourth-order valence-corrected chi connectivity index (χ4v) is 2.74. The van der Waals surface area contributed by atoms with E-state index in [4.69, 9.17) is 0 Å². The number of fused-ring (bicyclic) bond motifs is 1. The van der Waals surface area contributed by atoms with Gasteiger partial charge >= 0.3 is 0 Å². The van der Waals surface area contributed by atoms with Crippen molar-refractivity contribution in [2.75, 3.05) is 0 Å². The van der Waals surface area contributed by atoms with E-state index in [1.807, 2.05) is 4.68 Å². The van der Waals surface area contributed by atoms with E-state index in [9.17, 15) is 4.79 Å². The van der Waals surface area contributed by atoms with Gasteiger partial charge in [-0.15, -0.1) is 0 Å². The average Bonchev–Trinajstić information content (AvgIpc) is 2.68. The van der Waals surface area contributed by atoms with Crippen molar-refractivity contribution < 1.29 is 4.79 Å². The largest absolute Gasteiger partial charge is 0.294 e. The number of rotatable bonds is 2. The summed E-state index contributed by atoms with van der Waals surface area (Å²) in [4.78, 5) is 12.0. The molecule has 0 unspecified atom stereocenters. The third kappa shape index (κ3) is 2.46. The molecule has 0 radical (unpaired) electrons. The van der Waals surface area contributed by atoms with Gasteiger partial charge in [0.25, 0.3) is 0 Å². The lowest BCUT2D eigenvalue weighted by Crippen LogP contribution is -2.08. The van der Waals surface area contributed by atoms with Crippen LogP contribution >= 0.6 is 0 Å². The molecule has 0 aliphatic heterocycles. The number of nitrogens with zero attached hydrogens (tertiary/aromatic N) is 2. The van der Waals surface area contributed by atoms with Gasteiger partial charge in [0.2, 0.25) is 0 Å². The molecule has 1 aromatic carbocycles. The Bertz CT molecular complexity index is 613. The molecule has 98 valence electrons. The zero-order chi connectivity index (χ0) is 13.2. The minimum Gasteiger partial charge on any atom is -0.294 e. The van der Waals surface area contributed by atoms with Crippen LogP contribution in [-0.2, 0) is 13.0 Å². The summed E-state index contributed by atoms with van der Waals surface area (Å²) in [6, 6.07) is 8.45. The van der Waals surface area contributed by atoms with Crippen LogP contribution in [-0.4, -0.2) is 15.6 Å². The molecule has 19 heavy (non-hydrogen) atoms. The number of aromatic nitrogens is 2. The topological polar surface area (TPSA) is 34.9 Å². The summed E-state index contributed by atoms with van der Waals surface area (Å²) in [6.07, 6.45) is 5.46. The highest BCUT2D eigenvalue weighted by atomic mass is 16.1. The Labute approximate surface area is 113 Å². The smallest absolute Gasteiger partial charge is 0.166 e. The number of hydrogen-bond donors (Lipinski definition) is 0. The highest BCUT2D eigenvalue weighted by Crippen LogP contribution is 2.21. The zero-order valence-electron chi connectivity index (χ0n) is 11.2. The van der Waals surface area contributed by atoms with Crippen molar-refractivity contribution in [2.24, 2.45) is 0 Å². The summed E-state index contributed by atoms with van der Waals surface area (Å²) in [7, 11) is 0. The Balaban J connectivity index is 1.92. The van der Waals surface area contributed by atoms with Gasteiger partial charge in [-0.3, -0.25) is 9.48 Å². The van der Waals surface area contributed by atoms with E-state index in [0.29, 0.717) is 6.42 Å². The number of hydrogen-bond acceptors (Lipinski definition) is 2. The van der Waals surface area contributed by atoms with Crippen LogP contribution in [0.1, 0.15) is 46.4 Å². The van der Waals surface area contributed by atoms with Gasteiger partial charge in [-0.2, -0.15) is 5.10 Å². The van der Waals surface area contributed by atoms with Gasteiger partial charge in [0, 0.05) is 12.1 Å². The predicted molar refractivity (Wildman–Crippen MR) is 74.4 cm³/mol. The van der Waals surface area contributed by atoms with Crippen LogP contribution in [0, 0.1) is 6.92 Å². The van der Waals surface area contributed by atoms with Gasteiger partial charge in [-0.1, -0.05) is 29.8 Å². The minimum atomic E-state index is 0.253. The number of carbonyl (C=O) groups excluding carboxylic acids is 1. The number of Topliss-reactive ketones (excluding diaryl/α,β-unsaturated/α-hetero) is 1. The van der Waals surface area contributed by atoms with E-state index >= 15 is 0 Å². The van der Waals surface area contributed by atoms with Gasteiger partial charge in [-0.05, 0) is 31.7 Å². The monoisotopic (exact) mass is 254 g/mol. The minimum absolute atomic E-state index is 0.253. The van der Waals surface area contributed by atoms with Crippen molar-refractivity contribution in [3.8, 4) is 0 Å². The molecule has 0 bridgehead atoms. The molecular weight excluding hydrogens is 236 g/mol. The first-order valence-electron chi connectivity index (χ1n) is 6.87. The molecule has 0 spiro atoms. The average molecular weight is 254 g/mol. The standard InChI is InChI=1S/C16H18N2O/c1-12-5-4-6-13(9-12)11-18-15-7-2-3-8-16(19)14(15)10-17-18/h4-6,9-10H,2-3,7-8,11H2,1H3. The molecule has 2 aromatic rings. The predicted octanol–water partition coefficient (Wildman–Crippen LogP) is 3.15. The first-order chi connectivity index (χ1) is 9.24. The van der Waals surface area contributed by atoms with E-state index < -0.39 is 0 Å². The molecule has 3 rings (SSSR count). The molecular formula is C16H18N2O. The van der Waals surface area contributed by atoms with E-state index in [0.717, 1.165) is 37.1 Å². The Morgan fingerprint density at radius 3 is 2.95 bits per heavy atom. The molecule has 0 saturated heterocycles. The molecule has 0 fully saturated rings. The summed E-state index contributed by atoms with van der Waals surface area (Å²) in [6.45, 7) is 2.85. The number of aryl methyl sites for hydroxylation is 1. The highest BCUT2D eigenvalue weighted by molar-refractivity contribution is 5.97. The normalized spacial score (nSPS) is 15.1. The maximum Gasteiger partial charge on any atom is 0.166 e. The second kappa shape index (κ2) is 5.00. The van der Waals surface area contributed by atoms with Crippen LogP contribution < -0.4 is 0 Å². The number of ketones is 1. The van der Waals surface area contributed by atoms with Gasteiger partial charge in [0.15, 0.2) is 5.78 Å². The molecule has 1 aliphatic rings.